The lowest BCUT2D eigenvalue weighted by Gasteiger charge is -2.24. The van der Waals surface area contributed by atoms with Crippen LogP contribution in [0.1, 0.15) is 18.1 Å². The molecule has 0 fully saturated rings. The molecule has 128 valence electrons. The first-order valence-corrected chi connectivity index (χ1v) is 8.24. The van der Waals surface area contributed by atoms with E-state index in [9.17, 15) is 4.39 Å². The molecule has 5 heteroatoms. The molecule has 25 heavy (non-hydrogen) atoms. The Morgan fingerprint density at radius 1 is 1.08 bits per heavy atom. The van der Waals surface area contributed by atoms with Gasteiger partial charge in [0.25, 0.3) is 0 Å². The lowest BCUT2D eigenvalue weighted by molar-refractivity contribution is 0.614. The maximum Gasteiger partial charge on any atom is 0.144 e. The third-order valence-electron chi connectivity index (χ3n) is 3.93. The molecule has 3 N–H and O–H groups in total. The Morgan fingerprint density at radius 3 is 2.60 bits per heavy atom. The molecule has 0 bridgehead atoms. The summed E-state index contributed by atoms with van der Waals surface area (Å²) in [4.78, 5) is 4.36. The van der Waals surface area contributed by atoms with Crippen LogP contribution in [0.15, 0.2) is 66.9 Å². The summed E-state index contributed by atoms with van der Waals surface area (Å²) in [6.07, 6.45) is 2.21. The zero-order chi connectivity index (χ0) is 17.6. The van der Waals surface area contributed by atoms with Gasteiger partial charge in [-0.2, -0.15) is 0 Å². The Hall–Kier alpha value is -3.08. The van der Waals surface area contributed by atoms with E-state index in [1.54, 1.807) is 18.3 Å². The number of halogens is 1. The number of hydrogen-bond donors (Lipinski definition) is 2. The fourth-order valence-corrected chi connectivity index (χ4v) is 2.64. The molecule has 1 heterocycles. The van der Waals surface area contributed by atoms with Gasteiger partial charge in [-0.1, -0.05) is 24.3 Å². The Balaban J connectivity index is 1.77. The van der Waals surface area contributed by atoms with Gasteiger partial charge in [0.2, 0.25) is 0 Å². The van der Waals surface area contributed by atoms with Crippen molar-refractivity contribution in [2.45, 2.75) is 13.3 Å². The van der Waals surface area contributed by atoms with E-state index >= 15 is 0 Å². The normalized spacial score (nSPS) is 10.5. The minimum absolute atomic E-state index is 0.286. The molecule has 0 aliphatic heterocycles. The number of nitrogens with two attached hydrogens (primary N) is 1. The molecule has 2 aromatic carbocycles. The lowest BCUT2D eigenvalue weighted by Crippen LogP contribution is -2.29. The Kier molecular flexibility index (Phi) is 5.14. The highest BCUT2D eigenvalue weighted by molar-refractivity contribution is 5.53. The van der Waals surface area contributed by atoms with Crippen LogP contribution in [-0.4, -0.2) is 11.5 Å². The SMILES string of the molecule is CCN(Nc1cc(Cc2ccc(N)cc2F)ccn1)c1ccccc1. The molecule has 0 spiro atoms. The van der Waals surface area contributed by atoms with Crippen LogP contribution >= 0.6 is 0 Å². The molecule has 3 aromatic rings. The molecule has 0 unspecified atom stereocenters. The summed E-state index contributed by atoms with van der Waals surface area (Å²) in [5, 5.41) is 2.01. The maximum atomic E-state index is 14.0. The van der Waals surface area contributed by atoms with E-state index in [4.69, 9.17) is 5.73 Å². The van der Waals surface area contributed by atoms with Gasteiger partial charge in [-0.15, -0.1) is 0 Å². The zero-order valence-corrected chi connectivity index (χ0v) is 14.1. The van der Waals surface area contributed by atoms with Crippen LogP contribution in [0.4, 0.5) is 21.6 Å². The van der Waals surface area contributed by atoms with Crippen LogP contribution in [0.5, 0.6) is 0 Å². The molecule has 0 saturated heterocycles. The van der Waals surface area contributed by atoms with Crippen LogP contribution in [0.25, 0.3) is 0 Å². The number of nitrogens with one attached hydrogen (secondary N) is 1. The largest absolute Gasteiger partial charge is 0.399 e. The topological polar surface area (TPSA) is 54.2 Å². The lowest BCUT2D eigenvalue weighted by atomic mass is 10.1. The third-order valence-corrected chi connectivity index (χ3v) is 3.93. The summed E-state index contributed by atoms with van der Waals surface area (Å²) in [7, 11) is 0. The van der Waals surface area contributed by atoms with E-state index in [1.165, 1.54) is 6.07 Å². The molecule has 0 aliphatic carbocycles. The Labute approximate surface area is 147 Å². The number of nitrogens with zero attached hydrogens (tertiary/aromatic N) is 2. The number of benzene rings is 2. The van der Waals surface area contributed by atoms with Crippen LogP contribution in [0.3, 0.4) is 0 Å². The zero-order valence-electron chi connectivity index (χ0n) is 14.1. The van der Waals surface area contributed by atoms with Gasteiger partial charge in [-0.05, 0) is 54.4 Å². The summed E-state index contributed by atoms with van der Waals surface area (Å²) < 4.78 is 14.0. The van der Waals surface area contributed by atoms with Crippen LogP contribution in [0.2, 0.25) is 0 Å². The van der Waals surface area contributed by atoms with E-state index in [0.29, 0.717) is 17.7 Å². The molecule has 3 rings (SSSR count). The van der Waals surface area contributed by atoms with Crippen molar-refractivity contribution < 1.29 is 4.39 Å². The number of hydrogen-bond acceptors (Lipinski definition) is 4. The highest BCUT2D eigenvalue weighted by atomic mass is 19.1. The van der Waals surface area contributed by atoms with Crippen molar-refractivity contribution in [3.8, 4) is 0 Å². The fraction of sp³-hybridized carbons (Fsp3) is 0.150. The fourth-order valence-electron chi connectivity index (χ4n) is 2.64. The second kappa shape index (κ2) is 7.66. The number of hydrazine groups is 1. The minimum atomic E-state index is -0.286. The molecule has 0 amide bonds. The predicted octanol–water partition coefficient (Wildman–Crippen LogP) is 4.25. The molecular formula is C20H21FN4. The summed E-state index contributed by atoms with van der Waals surface area (Å²) in [6, 6.07) is 18.6. The smallest absolute Gasteiger partial charge is 0.144 e. The van der Waals surface area contributed by atoms with Crippen molar-refractivity contribution in [1.82, 2.24) is 4.98 Å². The molecule has 0 radical (unpaired) electrons. The first kappa shape index (κ1) is 16.8. The van der Waals surface area contributed by atoms with Gasteiger partial charge in [0.05, 0.1) is 5.69 Å². The van der Waals surface area contributed by atoms with Crippen LogP contribution in [-0.2, 0) is 6.42 Å². The summed E-state index contributed by atoms with van der Waals surface area (Å²) in [5.74, 6) is 0.435. The number of anilines is 3. The van der Waals surface area contributed by atoms with E-state index in [2.05, 4.69) is 17.3 Å². The van der Waals surface area contributed by atoms with Gasteiger partial charge in [0, 0.05) is 24.8 Å². The van der Waals surface area contributed by atoms with E-state index in [-0.39, 0.29) is 5.82 Å². The van der Waals surface area contributed by atoms with Crippen molar-refractivity contribution in [3.05, 3.63) is 83.8 Å². The maximum absolute atomic E-state index is 14.0. The number of nitrogen functional groups attached to an aromatic ring is 1. The molecule has 0 saturated carbocycles. The molecular weight excluding hydrogens is 315 g/mol. The highest BCUT2D eigenvalue weighted by Gasteiger charge is 2.07. The standard InChI is InChI=1S/C20H21FN4/c1-2-25(18-6-4-3-5-7-18)24-20-13-15(10-11-23-20)12-16-8-9-17(22)14-19(16)21/h3-11,13-14H,2,12,22H2,1H3,(H,23,24). The first-order chi connectivity index (χ1) is 12.2. The Morgan fingerprint density at radius 2 is 1.88 bits per heavy atom. The summed E-state index contributed by atoms with van der Waals surface area (Å²) in [6.45, 7) is 2.84. The highest BCUT2D eigenvalue weighted by Crippen LogP contribution is 2.19. The summed E-state index contributed by atoms with van der Waals surface area (Å²) >= 11 is 0. The van der Waals surface area contributed by atoms with Gasteiger partial charge in [-0.25, -0.2) is 9.37 Å². The number of para-hydroxylation sites is 1. The van der Waals surface area contributed by atoms with E-state index in [1.807, 2.05) is 47.5 Å². The predicted molar refractivity (Wildman–Crippen MR) is 101 cm³/mol. The van der Waals surface area contributed by atoms with Crippen molar-refractivity contribution in [3.63, 3.8) is 0 Å². The van der Waals surface area contributed by atoms with Crippen molar-refractivity contribution >= 4 is 17.2 Å². The average Bonchev–Trinajstić information content (AvgIpc) is 2.63. The molecule has 1 aromatic heterocycles. The van der Waals surface area contributed by atoms with Crippen molar-refractivity contribution in [2.75, 3.05) is 22.7 Å². The number of rotatable bonds is 6. The van der Waals surface area contributed by atoms with Gasteiger partial charge >= 0.3 is 0 Å². The van der Waals surface area contributed by atoms with Gasteiger partial charge in [-0.3, -0.25) is 10.4 Å². The van der Waals surface area contributed by atoms with Gasteiger partial charge < -0.3 is 5.73 Å². The second-order valence-electron chi connectivity index (χ2n) is 5.77. The minimum Gasteiger partial charge on any atom is -0.399 e. The number of aromatic nitrogens is 1. The average molecular weight is 336 g/mol. The molecule has 0 aliphatic rings. The summed E-state index contributed by atoms with van der Waals surface area (Å²) in [5.41, 5.74) is 12.0. The monoisotopic (exact) mass is 336 g/mol. The second-order valence-corrected chi connectivity index (χ2v) is 5.77. The van der Waals surface area contributed by atoms with E-state index in [0.717, 1.165) is 23.6 Å². The van der Waals surface area contributed by atoms with Crippen LogP contribution in [0, 0.1) is 5.82 Å². The van der Waals surface area contributed by atoms with Crippen molar-refractivity contribution in [1.29, 1.82) is 0 Å². The molecule has 0 atom stereocenters. The van der Waals surface area contributed by atoms with Gasteiger partial charge in [0.1, 0.15) is 11.6 Å². The van der Waals surface area contributed by atoms with Gasteiger partial charge in [0.15, 0.2) is 0 Å². The first-order valence-electron chi connectivity index (χ1n) is 8.24. The Bertz CT molecular complexity index is 836. The van der Waals surface area contributed by atoms with E-state index < -0.39 is 0 Å². The molecule has 4 nitrogen and oxygen atoms in total. The van der Waals surface area contributed by atoms with Crippen molar-refractivity contribution in [2.24, 2.45) is 0 Å². The third kappa shape index (κ3) is 4.26. The quantitative estimate of drug-likeness (QED) is 0.522. The van der Waals surface area contributed by atoms with Crippen LogP contribution < -0.4 is 16.2 Å². The number of pyridine rings is 1.